The third kappa shape index (κ3) is 1.95. The van der Waals surface area contributed by atoms with Crippen molar-refractivity contribution in [2.45, 2.75) is 24.3 Å². The van der Waals surface area contributed by atoms with Gasteiger partial charge in [-0.25, -0.2) is 0 Å². The van der Waals surface area contributed by atoms with Gasteiger partial charge in [0.15, 0.2) is 0 Å². The molecule has 1 N–H and O–H groups in total. The van der Waals surface area contributed by atoms with Gasteiger partial charge in [-0.15, -0.1) is 0 Å². The van der Waals surface area contributed by atoms with Gasteiger partial charge in [-0.05, 0) is 37.0 Å². The highest BCUT2D eigenvalue weighted by atomic mass is 79.9. The van der Waals surface area contributed by atoms with Crippen molar-refractivity contribution in [3.05, 3.63) is 28.8 Å². The summed E-state index contributed by atoms with van der Waals surface area (Å²) in [5.41, 5.74) is 1.65. The lowest BCUT2D eigenvalue weighted by Gasteiger charge is -2.27. The topological polar surface area (TPSA) is 55.4 Å². The summed E-state index contributed by atoms with van der Waals surface area (Å²) in [6, 6.07) is 5.40. The van der Waals surface area contributed by atoms with E-state index in [0.717, 1.165) is 12.0 Å². The van der Waals surface area contributed by atoms with Gasteiger partial charge >= 0.3 is 5.97 Å². The number of alkyl halides is 1. The van der Waals surface area contributed by atoms with Crippen LogP contribution in [-0.4, -0.2) is 22.8 Å². The number of fused-ring (bicyclic) bond motifs is 1. The first-order chi connectivity index (χ1) is 10.5. The number of esters is 1. The van der Waals surface area contributed by atoms with E-state index in [1.54, 1.807) is 12.1 Å². The highest BCUT2D eigenvalue weighted by Crippen LogP contribution is 2.60. The number of hydrogen-bond acceptors (Lipinski definition) is 3. The summed E-state index contributed by atoms with van der Waals surface area (Å²) in [6.07, 6.45) is 0.823. The van der Waals surface area contributed by atoms with E-state index in [-0.39, 0.29) is 46.5 Å². The summed E-state index contributed by atoms with van der Waals surface area (Å²) in [6.45, 7) is 1.92. The molecule has 6 atom stereocenters. The van der Waals surface area contributed by atoms with Crippen molar-refractivity contribution in [3.63, 3.8) is 0 Å². The number of rotatable bonds is 2. The Morgan fingerprint density at radius 2 is 2.18 bits per heavy atom. The second-order valence-corrected chi connectivity index (χ2v) is 7.90. The molecule has 2 bridgehead atoms. The standard InChI is InChI=1S/C16H15BrClNO3/c1-6-2-3-7(18)4-10(6)19-15(20)11-8-5-9-12(11)16(21)22-14(9)13(8)17/h2-4,8-9,11-14H,5H2,1H3,(H,19,20)/t8-,9-,11+,12+,13-,14+/m1/s1. The minimum Gasteiger partial charge on any atom is -0.461 e. The van der Waals surface area contributed by atoms with Gasteiger partial charge in [0.2, 0.25) is 5.91 Å². The maximum Gasteiger partial charge on any atom is 0.310 e. The number of anilines is 1. The van der Waals surface area contributed by atoms with Crippen molar-refractivity contribution in [2.75, 3.05) is 5.32 Å². The second kappa shape index (κ2) is 4.96. The molecule has 2 aliphatic carbocycles. The van der Waals surface area contributed by atoms with E-state index in [2.05, 4.69) is 21.2 Å². The fourth-order valence-electron chi connectivity index (χ4n) is 4.28. The lowest BCUT2D eigenvalue weighted by atomic mass is 9.79. The lowest BCUT2D eigenvalue weighted by molar-refractivity contribution is -0.145. The number of carbonyl (C=O) groups excluding carboxylic acids is 2. The summed E-state index contributed by atoms with van der Waals surface area (Å²) in [5.74, 6) is -0.599. The zero-order chi connectivity index (χ0) is 15.6. The molecule has 1 heterocycles. The number of ether oxygens (including phenoxy) is 1. The van der Waals surface area contributed by atoms with E-state index in [9.17, 15) is 9.59 Å². The SMILES string of the molecule is Cc1ccc(Cl)cc1NC(=O)[C@H]1[C@H]2C[C@H]3[C@H](OC(=O)[C@@H]31)[C@@H]2Br. The van der Waals surface area contributed by atoms with Gasteiger partial charge < -0.3 is 10.1 Å². The molecule has 1 aromatic rings. The molecule has 1 aromatic carbocycles. The zero-order valence-electron chi connectivity index (χ0n) is 11.9. The van der Waals surface area contributed by atoms with Crippen molar-refractivity contribution in [3.8, 4) is 0 Å². The predicted molar refractivity (Wildman–Crippen MR) is 86.0 cm³/mol. The number of hydrogen-bond donors (Lipinski definition) is 1. The Bertz CT molecular complexity index is 679. The summed E-state index contributed by atoms with van der Waals surface area (Å²) in [7, 11) is 0. The number of benzene rings is 1. The molecular formula is C16H15BrClNO3. The average Bonchev–Trinajstić information content (AvgIpc) is 3.07. The van der Waals surface area contributed by atoms with Crippen LogP contribution >= 0.6 is 27.5 Å². The maximum absolute atomic E-state index is 12.8. The predicted octanol–water partition coefficient (Wildman–Crippen LogP) is 3.16. The molecule has 4 rings (SSSR count). The smallest absolute Gasteiger partial charge is 0.310 e. The van der Waals surface area contributed by atoms with Gasteiger partial charge in [0.25, 0.3) is 0 Å². The molecule has 1 amide bonds. The molecule has 0 spiro atoms. The molecule has 22 heavy (non-hydrogen) atoms. The Morgan fingerprint density at radius 3 is 2.95 bits per heavy atom. The summed E-state index contributed by atoms with van der Waals surface area (Å²) < 4.78 is 5.44. The number of nitrogens with one attached hydrogen (secondary N) is 1. The maximum atomic E-state index is 12.8. The quantitative estimate of drug-likeness (QED) is 0.629. The molecular weight excluding hydrogens is 370 g/mol. The second-order valence-electron chi connectivity index (χ2n) is 6.41. The first-order valence-electron chi connectivity index (χ1n) is 7.39. The monoisotopic (exact) mass is 383 g/mol. The molecule has 4 nitrogen and oxygen atoms in total. The Kier molecular flexibility index (Phi) is 3.28. The molecule has 1 saturated heterocycles. The van der Waals surface area contributed by atoms with Crippen LogP contribution in [0, 0.1) is 30.6 Å². The molecule has 2 saturated carbocycles. The molecule has 3 fully saturated rings. The van der Waals surface area contributed by atoms with Gasteiger partial charge in [0.05, 0.1) is 16.7 Å². The Balaban J connectivity index is 1.61. The Labute approximate surface area is 141 Å². The zero-order valence-corrected chi connectivity index (χ0v) is 14.2. The summed E-state index contributed by atoms with van der Waals surface area (Å²) in [4.78, 5) is 24.9. The van der Waals surface area contributed by atoms with Crippen LogP contribution < -0.4 is 5.32 Å². The van der Waals surface area contributed by atoms with Crippen molar-refractivity contribution >= 4 is 45.1 Å². The van der Waals surface area contributed by atoms with Crippen molar-refractivity contribution in [1.29, 1.82) is 0 Å². The van der Waals surface area contributed by atoms with Crippen LogP contribution in [0.2, 0.25) is 5.02 Å². The van der Waals surface area contributed by atoms with Crippen LogP contribution in [0.3, 0.4) is 0 Å². The minimum atomic E-state index is -0.320. The number of amides is 1. The van der Waals surface area contributed by atoms with Crippen LogP contribution in [0.1, 0.15) is 12.0 Å². The van der Waals surface area contributed by atoms with Gasteiger partial charge in [0, 0.05) is 16.6 Å². The van der Waals surface area contributed by atoms with Crippen molar-refractivity contribution < 1.29 is 14.3 Å². The van der Waals surface area contributed by atoms with Crippen molar-refractivity contribution in [2.24, 2.45) is 23.7 Å². The van der Waals surface area contributed by atoms with E-state index in [4.69, 9.17) is 16.3 Å². The van der Waals surface area contributed by atoms with Gasteiger partial charge in [-0.3, -0.25) is 9.59 Å². The first kappa shape index (κ1) is 14.5. The fourth-order valence-corrected chi connectivity index (χ4v) is 5.49. The van der Waals surface area contributed by atoms with Crippen LogP contribution in [0.4, 0.5) is 5.69 Å². The largest absolute Gasteiger partial charge is 0.461 e. The molecule has 1 aliphatic heterocycles. The molecule has 3 aliphatic rings. The Morgan fingerprint density at radius 1 is 1.41 bits per heavy atom. The lowest BCUT2D eigenvalue weighted by Crippen LogP contribution is -2.40. The third-order valence-electron chi connectivity index (χ3n) is 5.28. The van der Waals surface area contributed by atoms with Gasteiger partial charge in [0.1, 0.15) is 6.10 Å². The fraction of sp³-hybridized carbons (Fsp3) is 0.500. The molecule has 0 radical (unpaired) electrons. The van der Waals surface area contributed by atoms with Crippen LogP contribution in [-0.2, 0) is 14.3 Å². The number of aryl methyl sites for hydroxylation is 1. The van der Waals surface area contributed by atoms with E-state index in [0.29, 0.717) is 10.7 Å². The Hall–Kier alpha value is -1.07. The molecule has 6 heteroatoms. The molecule has 0 unspecified atom stereocenters. The normalized spacial score (nSPS) is 38.2. The summed E-state index contributed by atoms with van der Waals surface area (Å²) >= 11 is 9.62. The highest BCUT2D eigenvalue weighted by molar-refractivity contribution is 9.09. The van der Waals surface area contributed by atoms with Gasteiger partial charge in [-0.1, -0.05) is 33.6 Å². The van der Waals surface area contributed by atoms with Crippen LogP contribution in [0.5, 0.6) is 0 Å². The number of halogens is 2. The molecule has 116 valence electrons. The van der Waals surface area contributed by atoms with Crippen LogP contribution in [0.15, 0.2) is 18.2 Å². The summed E-state index contributed by atoms with van der Waals surface area (Å²) in [5, 5.41) is 3.53. The van der Waals surface area contributed by atoms with E-state index < -0.39 is 0 Å². The minimum absolute atomic E-state index is 0.0561. The average molecular weight is 385 g/mol. The van der Waals surface area contributed by atoms with E-state index in [1.165, 1.54) is 0 Å². The first-order valence-corrected chi connectivity index (χ1v) is 8.68. The third-order valence-corrected chi connectivity index (χ3v) is 6.72. The number of carbonyl (C=O) groups is 2. The highest BCUT2D eigenvalue weighted by Gasteiger charge is 2.67. The van der Waals surface area contributed by atoms with Crippen LogP contribution in [0.25, 0.3) is 0 Å². The van der Waals surface area contributed by atoms with Gasteiger partial charge in [-0.2, -0.15) is 0 Å². The van der Waals surface area contributed by atoms with Crippen molar-refractivity contribution in [1.82, 2.24) is 0 Å². The van der Waals surface area contributed by atoms with E-state index >= 15 is 0 Å². The molecule has 0 aromatic heterocycles. The van der Waals surface area contributed by atoms with E-state index in [1.807, 2.05) is 13.0 Å².